The molecule has 0 bridgehead atoms. The fourth-order valence-electron chi connectivity index (χ4n) is 1.53. The fraction of sp³-hybridized carbons (Fsp3) is 0.400. The molecule has 0 radical (unpaired) electrons. The molecule has 1 atom stereocenters. The number of anilines is 1. The number of hydrogen-bond acceptors (Lipinski definition) is 4. The summed E-state index contributed by atoms with van der Waals surface area (Å²) in [4.78, 5) is 9.75. The number of nitrogens with zero attached hydrogens (tertiary/aromatic N) is 3. The molecule has 0 saturated carbocycles. The Labute approximate surface area is 92.8 Å². The Morgan fingerprint density at radius 2 is 2.20 bits per heavy atom. The zero-order valence-electron chi connectivity index (χ0n) is 9.06. The highest BCUT2D eigenvalue weighted by atomic mass is 32.1. The molecule has 2 N–H and O–H groups in total. The Kier molecular flexibility index (Phi) is 2.48. The number of nitrogen functional groups attached to an aromatic ring is 1. The van der Waals surface area contributed by atoms with E-state index in [1.54, 1.807) is 11.3 Å². The second kappa shape index (κ2) is 3.66. The minimum atomic E-state index is 0.157. The van der Waals surface area contributed by atoms with Gasteiger partial charge in [0.05, 0.1) is 11.7 Å². The van der Waals surface area contributed by atoms with E-state index in [1.165, 1.54) is 4.88 Å². The molecule has 2 aromatic rings. The molecule has 0 amide bonds. The Hall–Kier alpha value is -1.36. The van der Waals surface area contributed by atoms with Crippen LogP contribution in [0.3, 0.4) is 0 Å². The van der Waals surface area contributed by atoms with Crippen molar-refractivity contribution in [3.05, 3.63) is 28.0 Å². The maximum atomic E-state index is 5.82. The maximum Gasteiger partial charge on any atom is 0.201 e. The van der Waals surface area contributed by atoms with Crippen LogP contribution >= 0.6 is 11.3 Å². The van der Waals surface area contributed by atoms with Gasteiger partial charge in [-0.25, -0.2) is 9.97 Å². The van der Waals surface area contributed by atoms with Crippen LogP contribution in [0.1, 0.15) is 28.5 Å². The zero-order valence-corrected chi connectivity index (χ0v) is 9.88. The van der Waals surface area contributed by atoms with Gasteiger partial charge in [-0.2, -0.15) is 0 Å². The van der Waals surface area contributed by atoms with E-state index in [2.05, 4.69) is 23.8 Å². The highest BCUT2D eigenvalue weighted by molar-refractivity contribution is 7.11. The third-order valence-electron chi connectivity index (χ3n) is 2.30. The summed E-state index contributed by atoms with van der Waals surface area (Å²) in [7, 11) is 0. The molecule has 0 aliphatic rings. The first kappa shape index (κ1) is 10.2. The lowest BCUT2D eigenvalue weighted by Gasteiger charge is -2.11. The van der Waals surface area contributed by atoms with Gasteiger partial charge in [0.15, 0.2) is 0 Å². The summed E-state index contributed by atoms with van der Waals surface area (Å²) < 4.78 is 1.95. The van der Waals surface area contributed by atoms with Crippen molar-refractivity contribution in [1.29, 1.82) is 0 Å². The lowest BCUT2D eigenvalue weighted by Crippen LogP contribution is -2.08. The summed E-state index contributed by atoms with van der Waals surface area (Å²) in [5.41, 5.74) is 6.75. The normalized spacial score (nSPS) is 13.0. The molecular weight excluding hydrogens is 208 g/mol. The van der Waals surface area contributed by atoms with Crippen LogP contribution in [-0.2, 0) is 0 Å². The summed E-state index contributed by atoms with van der Waals surface area (Å²) in [5.74, 6) is 0.549. The first-order valence-corrected chi connectivity index (χ1v) is 5.63. The van der Waals surface area contributed by atoms with Crippen molar-refractivity contribution < 1.29 is 0 Å². The summed E-state index contributed by atoms with van der Waals surface area (Å²) in [6, 6.07) is 0.157. The van der Waals surface area contributed by atoms with Crippen LogP contribution < -0.4 is 5.73 Å². The first-order valence-electron chi connectivity index (χ1n) is 4.81. The molecule has 2 rings (SSSR count). The molecule has 2 heterocycles. The Morgan fingerprint density at radius 1 is 1.47 bits per heavy atom. The topological polar surface area (TPSA) is 56.7 Å². The second-order valence-corrected chi connectivity index (χ2v) is 4.90. The van der Waals surface area contributed by atoms with Gasteiger partial charge in [0.25, 0.3) is 0 Å². The van der Waals surface area contributed by atoms with E-state index in [0.29, 0.717) is 5.95 Å². The van der Waals surface area contributed by atoms with Gasteiger partial charge in [-0.15, -0.1) is 11.3 Å². The molecule has 80 valence electrons. The van der Waals surface area contributed by atoms with E-state index < -0.39 is 0 Å². The van der Waals surface area contributed by atoms with Crippen LogP contribution in [0.25, 0.3) is 0 Å². The number of hydrogen-bond donors (Lipinski definition) is 1. The molecule has 0 aromatic carbocycles. The minimum absolute atomic E-state index is 0.157. The van der Waals surface area contributed by atoms with E-state index >= 15 is 0 Å². The van der Waals surface area contributed by atoms with Crippen molar-refractivity contribution in [2.45, 2.75) is 26.8 Å². The lowest BCUT2D eigenvalue weighted by molar-refractivity contribution is 0.643. The Bertz CT molecular complexity index is 471. The summed E-state index contributed by atoms with van der Waals surface area (Å²) in [5, 5.41) is 1.07. The molecule has 15 heavy (non-hydrogen) atoms. The van der Waals surface area contributed by atoms with Gasteiger partial charge in [0.2, 0.25) is 5.95 Å². The second-order valence-electron chi connectivity index (χ2n) is 3.63. The molecule has 0 spiro atoms. The monoisotopic (exact) mass is 222 g/mol. The van der Waals surface area contributed by atoms with Crippen LogP contribution in [0.2, 0.25) is 0 Å². The Balaban J connectivity index is 2.35. The summed E-state index contributed by atoms with van der Waals surface area (Å²) >= 11 is 1.69. The first-order chi connectivity index (χ1) is 7.08. The highest BCUT2D eigenvalue weighted by Crippen LogP contribution is 2.24. The van der Waals surface area contributed by atoms with E-state index in [1.807, 2.05) is 23.9 Å². The average Bonchev–Trinajstić information content (AvgIpc) is 2.71. The van der Waals surface area contributed by atoms with Crippen molar-refractivity contribution >= 4 is 17.3 Å². The van der Waals surface area contributed by atoms with E-state index in [4.69, 9.17) is 5.73 Å². The number of aromatic nitrogens is 3. The maximum absolute atomic E-state index is 5.82. The van der Waals surface area contributed by atoms with E-state index in [0.717, 1.165) is 10.7 Å². The average molecular weight is 222 g/mol. The van der Waals surface area contributed by atoms with Crippen LogP contribution in [0, 0.1) is 13.8 Å². The quantitative estimate of drug-likeness (QED) is 0.847. The van der Waals surface area contributed by atoms with Gasteiger partial charge in [-0.05, 0) is 20.8 Å². The van der Waals surface area contributed by atoms with Crippen molar-refractivity contribution in [2.24, 2.45) is 0 Å². The van der Waals surface area contributed by atoms with Gasteiger partial charge in [0.1, 0.15) is 5.01 Å². The summed E-state index contributed by atoms with van der Waals surface area (Å²) in [6.07, 6.45) is 3.84. The highest BCUT2D eigenvalue weighted by Gasteiger charge is 2.14. The molecular formula is C10H14N4S. The third kappa shape index (κ3) is 1.87. The molecule has 0 aliphatic carbocycles. The van der Waals surface area contributed by atoms with E-state index in [9.17, 15) is 0 Å². The van der Waals surface area contributed by atoms with Gasteiger partial charge >= 0.3 is 0 Å². The van der Waals surface area contributed by atoms with Crippen LogP contribution in [0.4, 0.5) is 5.95 Å². The summed E-state index contributed by atoms with van der Waals surface area (Å²) in [6.45, 7) is 6.07. The predicted molar refractivity (Wildman–Crippen MR) is 62.0 cm³/mol. The molecule has 1 unspecified atom stereocenters. The van der Waals surface area contributed by atoms with Crippen molar-refractivity contribution in [2.75, 3.05) is 5.73 Å². The smallest absolute Gasteiger partial charge is 0.201 e. The molecule has 0 saturated heterocycles. The number of nitrogens with two attached hydrogens (primary N) is 1. The number of rotatable bonds is 2. The van der Waals surface area contributed by atoms with Gasteiger partial charge in [-0.1, -0.05) is 0 Å². The third-order valence-corrected chi connectivity index (χ3v) is 3.38. The number of aryl methyl sites for hydroxylation is 2. The Morgan fingerprint density at radius 3 is 2.67 bits per heavy atom. The standard InChI is InChI=1S/C10H14N4S/c1-6-5-14(10(11)13-6)8(3)9-12-4-7(2)15-9/h4-5,8H,1-3H3,(H2,11,13). The van der Waals surface area contributed by atoms with E-state index in [-0.39, 0.29) is 6.04 Å². The fourth-order valence-corrected chi connectivity index (χ4v) is 2.35. The molecule has 0 fully saturated rings. The molecule has 5 heteroatoms. The SMILES string of the molecule is Cc1cn(C(C)c2ncc(C)s2)c(N)n1. The van der Waals surface area contributed by atoms with Gasteiger partial charge in [0, 0.05) is 17.3 Å². The molecule has 2 aromatic heterocycles. The largest absolute Gasteiger partial charge is 0.369 e. The van der Waals surface area contributed by atoms with Crippen LogP contribution in [-0.4, -0.2) is 14.5 Å². The lowest BCUT2D eigenvalue weighted by atomic mass is 10.3. The predicted octanol–water partition coefficient (Wildman–Crippen LogP) is 2.15. The van der Waals surface area contributed by atoms with Gasteiger partial charge in [-0.3, -0.25) is 0 Å². The van der Waals surface area contributed by atoms with Crippen LogP contribution in [0.5, 0.6) is 0 Å². The van der Waals surface area contributed by atoms with Crippen molar-refractivity contribution in [1.82, 2.24) is 14.5 Å². The van der Waals surface area contributed by atoms with Crippen LogP contribution in [0.15, 0.2) is 12.4 Å². The number of thiazole rings is 1. The number of imidazole rings is 1. The molecule has 4 nitrogen and oxygen atoms in total. The van der Waals surface area contributed by atoms with Gasteiger partial charge < -0.3 is 10.3 Å². The zero-order chi connectivity index (χ0) is 11.0. The van der Waals surface area contributed by atoms with Crippen molar-refractivity contribution in [3.8, 4) is 0 Å². The van der Waals surface area contributed by atoms with Crippen molar-refractivity contribution in [3.63, 3.8) is 0 Å². The molecule has 0 aliphatic heterocycles. The minimum Gasteiger partial charge on any atom is -0.369 e.